The molecule has 0 spiro atoms. The largest absolute Gasteiger partial charge is 0.496 e. The van der Waals surface area contributed by atoms with Gasteiger partial charge in [0.1, 0.15) is 28.7 Å². The minimum absolute atomic E-state index is 0.172. The van der Waals surface area contributed by atoms with Crippen molar-refractivity contribution in [1.82, 2.24) is 4.31 Å². The Bertz CT molecular complexity index is 902. The van der Waals surface area contributed by atoms with Gasteiger partial charge in [0.15, 0.2) is 0 Å². The third kappa shape index (κ3) is 7.22. The van der Waals surface area contributed by atoms with E-state index in [4.69, 9.17) is 19.3 Å². The fourth-order valence-electron chi connectivity index (χ4n) is 2.63. The van der Waals surface area contributed by atoms with Gasteiger partial charge in [-0.25, -0.2) is 13.2 Å². The second-order valence-electron chi connectivity index (χ2n) is 6.23. The maximum Gasteiger partial charge on any atom is 0.345 e. The van der Waals surface area contributed by atoms with Crippen LogP contribution >= 0.6 is 11.3 Å². The molecule has 29 heavy (non-hydrogen) atoms. The van der Waals surface area contributed by atoms with Crippen molar-refractivity contribution in [2.75, 3.05) is 40.2 Å². The maximum absolute atomic E-state index is 12.1. The number of benzene rings is 1. The van der Waals surface area contributed by atoms with Gasteiger partial charge < -0.3 is 19.3 Å². The van der Waals surface area contributed by atoms with Crippen LogP contribution in [0.5, 0.6) is 17.2 Å². The van der Waals surface area contributed by atoms with Gasteiger partial charge in [0.2, 0.25) is 10.0 Å². The van der Waals surface area contributed by atoms with Crippen LogP contribution in [0.3, 0.4) is 0 Å². The molecule has 1 aromatic carbocycles. The lowest BCUT2D eigenvalue weighted by Gasteiger charge is -2.20. The maximum atomic E-state index is 12.1. The first kappa shape index (κ1) is 23.0. The van der Waals surface area contributed by atoms with Gasteiger partial charge >= 0.3 is 5.97 Å². The Labute approximate surface area is 174 Å². The summed E-state index contributed by atoms with van der Waals surface area (Å²) in [6.07, 6.45) is 2.35. The number of aryl methyl sites for hydroxylation is 1. The van der Waals surface area contributed by atoms with Crippen LogP contribution in [0, 0.1) is 0 Å². The van der Waals surface area contributed by atoms with E-state index < -0.39 is 16.0 Å². The highest BCUT2D eigenvalue weighted by atomic mass is 32.2. The summed E-state index contributed by atoms with van der Waals surface area (Å²) in [5, 5.41) is 8.97. The lowest BCUT2D eigenvalue weighted by atomic mass is 10.2. The van der Waals surface area contributed by atoms with Crippen molar-refractivity contribution in [3.63, 3.8) is 0 Å². The molecule has 0 saturated carbocycles. The molecular weight excluding hydrogens is 418 g/mol. The van der Waals surface area contributed by atoms with Crippen LogP contribution in [0.1, 0.15) is 21.0 Å². The summed E-state index contributed by atoms with van der Waals surface area (Å²) in [6.45, 7) is 0.693. The van der Waals surface area contributed by atoms with Gasteiger partial charge in [0.25, 0.3) is 0 Å². The highest BCUT2D eigenvalue weighted by molar-refractivity contribution is 7.88. The number of hydrogen-bond acceptors (Lipinski definition) is 7. The molecule has 0 bridgehead atoms. The molecule has 0 atom stereocenters. The Kier molecular flexibility index (Phi) is 8.30. The van der Waals surface area contributed by atoms with E-state index >= 15 is 0 Å². The lowest BCUT2D eigenvalue weighted by Crippen LogP contribution is -2.34. The van der Waals surface area contributed by atoms with Gasteiger partial charge in [-0.3, -0.25) is 0 Å². The normalized spacial score (nSPS) is 11.4. The Morgan fingerprint density at radius 1 is 1.07 bits per heavy atom. The minimum Gasteiger partial charge on any atom is -0.496 e. The average Bonchev–Trinajstić information content (AvgIpc) is 3.15. The van der Waals surface area contributed by atoms with E-state index in [0.717, 1.165) is 11.1 Å². The summed E-state index contributed by atoms with van der Waals surface area (Å²) in [5.74, 6) is 0.728. The third-order valence-corrected chi connectivity index (χ3v) is 6.54. The number of carboxylic acid groups (broad SMARTS) is 1. The first-order valence-corrected chi connectivity index (χ1v) is 11.5. The highest BCUT2D eigenvalue weighted by Crippen LogP contribution is 2.27. The number of carboxylic acids is 1. The number of carbonyl (C=O) groups is 1. The molecule has 2 rings (SSSR count). The molecule has 0 aliphatic rings. The predicted octanol–water partition coefficient (Wildman–Crippen LogP) is 2.74. The van der Waals surface area contributed by atoms with Crippen LogP contribution in [-0.4, -0.2) is 64.0 Å². The zero-order valence-corrected chi connectivity index (χ0v) is 18.2. The number of ether oxygens (including phenoxy) is 3. The molecule has 1 N–H and O–H groups in total. The number of sulfonamides is 1. The molecule has 160 valence electrons. The van der Waals surface area contributed by atoms with Gasteiger partial charge in [-0.05, 0) is 25.0 Å². The van der Waals surface area contributed by atoms with E-state index in [2.05, 4.69) is 0 Å². The van der Waals surface area contributed by atoms with Gasteiger partial charge in [-0.2, -0.15) is 4.31 Å². The van der Waals surface area contributed by atoms with Crippen LogP contribution in [0.15, 0.2) is 30.3 Å². The number of methoxy groups -OCH3 is 2. The molecule has 0 aliphatic carbocycles. The molecule has 1 aromatic heterocycles. The highest BCUT2D eigenvalue weighted by Gasteiger charge is 2.17. The molecule has 0 unspecified atom stereocenters. The molecular formula is C19H25NO7S2. The monoisotopic (exact) mass is 443 g/mol. The summed E-state index contributed by atoms with van der Waals surface area (Å²) in [5.41, 5.74) is 0. The molecule has 0 amide bonds. The first-order chi connectivity index (χ1) is 13.7. The van der Waals surface area contributed by atoms with Crippen LogP contribution < -0.4 is 14.2 Å². The third-order valence-electron chi connectivity index (χ3n) is 4.11. The van der Waals surface area contributed by atoms with E-state index in [1.54, 1.807) is 30.3 Å². The summed E-state index contributed by atoms with van der Waals surface area (Å²) >= 11 is 1.21. The smallest absolute Gasteiger partial charge is 0.345 e. The van der Waals surface area contributed by atoms with Gasteiger partial charge in [0.05, 0.1) is 20.5 Å². The van der Waals surface area contributed by atoms with E-state index in [1.807, 2.05) is 0 Å². The fourth-order valence-corrected chi connectivity index (χ4v) is 4.39. The molecule has 1 heterocycles. The molecule has 0 radical (unpaired) electrons. The number of aromatic carboxylic acids is 1. The van der Waals surface area contributed by atoms with Crippen molar-refractivity contribution >= 4 is 27.3 Å². The molecule has 10 heteroatoms. The first-order valence-electron chi connectivity index (χ1n) is 8.86. The Morgan fingerprint density at radius 3 is 2.21 bits per heavy atom. The van der Waals surface area contributed by atoms with Crippen molar-refractivity contribution < 1.29 is 32.5 Å². The van der Waals surface area contributed by atoms with Crippen molar-refractivity contribution in [2.45, 2.75) is 12.8 Å². The van der Waals surface area contributed by atoms with Crippen molar-refractivity contribution in [2.24, 2.45) is 0 Å². The van der Waals surface area contributed by atoms with E-state index in [-0.39, 0.29) is 18.0 Å². The number of nitrogens with zero attached hydrogens (tertiary/aromatic N) is 1. The SMILES string of the molecule is COc1cc(OC)cc(OCCN(CCCc2ccc(C(=O)O)s2)S(C)(=O)=O)c1. The van der Waals surface area contributed by atoms with Gasteiger partial charge in [-0.1, -0.05) is 0 Å². The van der Waals surface area contributed by atoms with Gasteiger partial charge in [0, 0.05) is 36.2 Å². The number of thiophene rings is 1. The van der Waals surface area contributed by atoms with E-state index in [9.17, 15) is 13.2 Å². The van der Waals surface area contributed by atoms with Crippen molar-refractivity contribution in [1.29, 1.82) is 0 Å². The Morgan fingerprint density at radius 2 is 1.69 bits per heavy atom. The zero-order chi connectivity index (χ0) is 21.4. The van der Waals surface area contributed by atoms with Crippen molar-refractivity contribution in [3.8, 4) is 17.2 Å². The standard InChI is InChI=1S/C19H25NO7S2/c1-25-14-11-15(26-2)13-16(12-14)27-10-9-20(29(3,23)24)8-4-5-17-6-7-18(28-17)19(21)22/h6-7,11-13H,4-5,8-10H2,1-3H3,(H,21,22). The molecule has 0 saturated heterocycles. The minimum atomic E-state index is -3.39. The van der Waals surface area contributed by atoms with Crippen LogP contribution in [-0.2, 0) is 16.4 Å². The molecule has 0 fully saturated rings. The van der Waals surface area contributed by atoms with E-state index in [1.165, 1.54) is 29.9 Å². The molecule has 0 aliphatic heterocycles. The lowest BCUT2D eigenvalue weighted by molar-refractivity contribution is 0.0702. The Balaban J connectivity index is 1.89. The van der Waals surface area contributed by atoms with E-state index in [0.29, 0.717) is 36.6 Å². The average molecular weight is 444 g/mol. The number of rotatable bonds is 12. The second-order valence-corrected chi connectivity index (χ2v) is 9.38. The van der Waals surface area contributed by atoms with Crippen LogP contribution in [0.4, 0.5) is 0 Å². The summed E-state index contributed by atoms with van der Waals surface area (Å²) in [7, 11) is -0.317. The predicted molar refractivity (Wildman–Crippen MR) is 111 cm³/mol. The van der Waals surface area contributed by atoms with Gasteiger partial charge in [-0.15, -0.1) is 11.3 Å². The molecule has 2 aromatic rings. The van der Waals surface area contributed by atoms with Crippen LogP contribution in [0.25, 0.3) is 0 Å². The quantitative estimate of drug-likeness (QED) is 0.538. The summed E-state index contributed by atoms with van der Waals surface area (Å²) < 4.78 is 41.5. The number of hydrogen-bond donors (Lipinski definition) is 1. The zero-order valence-electron chi connectivity index (χ0n) is 16.6. The molecule has 8 nitrogen and oxygen atoms in total. The summed E-state index contributed by atoms with van der Waals surface area (Å²) in [4.78, 5) is 12.1. The fraction of sp³-hybridized carbons (Fsp3) is 0.421. The Hall–Kier alpha value is -2.30. The second kappa shape index (κ2) is 10.5. The topological polar surface area (TPSA) is 102 Å². The van der Waals surface area contributed by atoms with Crippen molar-refractivity contribution in [3.05, 3.63) is 40.1 Å². The van der Waals surface area contributed by atoms with Crippen LogP contribution in [0.2, 0.25) is 0 Å². The summed E-state index contributed by atoms with van der Waals surface area (Å²) in [6, 6.07) is 8.44.